The molecule has 0 saturated heterocycles. The van der Waals surface area contributed by atoms with Gasteiger partial charge < -0.3 is 20.9 Å². The Hall–Kier alpha value is -1.91. The maximum atomic E-state index is 12.2. The summed E-state index contributed by atoms with van der Waals surface area (Å²) in [4.78, 5) is 12.2. The Bertz CT molecular complexity index is 996. The number of esters is 1. The third kappa shape index (κ3) is 5.04. The van der Waals surface area contributed by atoms with Gasteiger partial charge in [-0.3, -0.25) is 4.79 Å². The fourth-order valence-corrected chi connectivity index (χ4v) is 9.99. The van der Waals surface area contributed by atoms with Gasteiger partial charge >= 0.3 is 5.97 Å². The van der Waals surface area contributed by atoms with Crippen LogP contribution in [0.4, 0.5) is 11.4 Å². The fourth-order valence-electron chi connectivity index (χ4n) is 9.99. The molecule has 0 amide bonds. The fraction of sp³-hybridized carbons (Fsp3) is 0.788. The normalized spacial score (nSPS) is 38.9. The average molecular weight is 525 g/mol. The van der Waals surface area contributed by atoms with Crippen LogP contribution in [0.15, 0.2) is 18.2 Å². The molecule has 4 aliphatic rings. The zero-order valence-electron chi connectivity index (χ0n) is 24.3. The van der Waals surface area contributed by atoms with Gasteiger partial charge in [0.05, 0.1) is 18.4 Å². The van der Waals surface area contributed by atoms with Crippen molar-refractivity contribution in [2.75, 3.05) is 18.1 Å². The van der Waals surface area contributed by atoms with Crippen molar-refractivity contribution < 1.29 is 14.3 Å². The summed E-state index contributed by atoms with van der Waals surface area (Å²) in [7, 11) is 0. The highest BCUT2D eigenvalue weighted by Gasteiger charge is 2.60. The van der Waals surface area contributed by atoms with Gasteiger partial charge in [-0.15, -0.1) is 0 Å². The first kappa shape index (κ1) is 27.6. The molecule has 0 heterocycles. The summed E-state index contributed by atoms with van der Waals surface area (Å²) in [6, 6.07) is 5.63. The monoisotopic (exact) mass is 524 g/mol. The van der Waals surface area contributed by atoms with Gasteiger partial charge in [-0.1, -0.05) is 27.7 Å². The highest BCUT2D eigenvalue weighted by Crippen LogP contribution is 2.68. The van der Waals surface area contributed by atoms with Gasteiger partial charge in [0.15, 0.2) is 0 Å². The number of rotatable bonds is 8. The number of benzene rings is 1. The Morgan fingerprint density at radius 1 is 1.03 bits per heavy atom. The van der Waals surface area contributed by atoms with Crippen LogP contribution in [0.5, 0.6) is 5.75 Å². The molecule has 0 aliphatic heterocycles. The van der Waals surface area contributed by atoms with Gasteiger partial charge in [0, 0.05) is 12.1 Å². The van der Waals surface area contributed by atoms with E-state index in [0.29, 0.717) is 41.2 Å². The molecule has 38 heavy (non-hydrogen) atoms. The van der Waals surface area contributed by atoms with Gasteiger partial charge in [-0.2, -0.15) is 0 Å². The third-order valence-electron chi connectivity index (χ3n) is 12.0. The molecule has 9 atom stereocenters. The molecule has 4 aliphatic carbocycles. The van der Waals surface area contributed by atoms with E-state index in [4.69, 9.17) is 20.9 Å². The average Bonchev–Trinajstić information content (AvgIpc) is 3.25. The van der Waals surface area contributed by atoms with E-state index in [1.165, 1.54) is 44.9 Å². The molecule has 4 fully saturated rings. The molecule has 5 heteroatoms. The number of hydrogen-bond donors (Lipinski definition) is 2. The van der Waals surface area contributed by atoms with Crippen molar-refractivity contribution in [1.82, 2.24) is 0 Å². The zero-order chi connectivity index (χ0) is 27.1. The molecular formula is C33H52N2O3. The molecule has 1 aromatic rings. The smallest absolute Gasteiger partial charge is 0.305 e. The van der Waals surface area contributed by atoms with E-state index in [9.17, 15) is 4.79 Å². The second-order valence-electron chi connectivity index (χ2n) is 13.9. The van der Waals surface area contributed by atoms with Crippen molar-refractivity contribution in [2.24, 2.45) is 46.3 Å². The number of hydrogen-bond acceptors (Lipinski definition) is 5. The maximum absolute atomic E-state index is 12.2. The Morgan fingerprint density at radius 3 is 2.55 bits per heavy atom. The van der Waals surface area contributed by atoms with Gasteiger partial charge in [0.2, 0.25) is 0 Å². The lowest BCUT2D eigenvalue weighted by Gasteiger charge is -2.61. The summed E-state index contributed by atoms with van der Waals surface area (Å²) >= 11 is 0. The number of anilines is 2. The second kappa shape index (κ2) is 10.9. The number of ether oxygens (including phenoxy) is 2. The summed E-state index contributed by atoms with van der Waals surface area (Å²) in [6.07, 6.45) is 14.4. The van der Waals surface area contributed by atoms with Gasteiger partial charge in [0.1, 0.15) is 5.75 Å². The molecule has 5 nitrogen and oxygen atoms in total. The predicted octanol–water partition coefficient (Wildman–Crippen LogP) is 7.63. The highest BCUT2D eigenvalue weighted by atomic mass is 16.5. The second-order valence-corrected chi connectivity index (χ2v) is 13.9. The van der Waals surface area contributed by atoms with Gasteiger partial charge in [-0.05, 0) is 135 Å². The van der Waals surface area contributed by atoms with E-state index < -0.39 is 0 Å². The van der Waals surface area contributed by atoms with Crippen molar-refractivity contribution in [1.29, 1.82) is 0 Å². The SMILES string of the molecule is CCCOC(=O)CC[C@@H](C)[C@H]1CC[C@H]2[C@@H]3CCC4CC(Oc5ccc(N)cc5N)CC[C@]4(C)[C@H]3CC[C@]12C. The molecular weight excluding hydrogens is 472 g/mol. The summed E-state index contributed by atoms with van der Waals surface area (Å²) in [5, 5.41) is 0. The largest absolute Gasteiger partial charge is 0.488 e. The van der Waals surface area contributed by atoms with Crippen molar-refractivity contribution >= 4 is 17.3 Å². The van der Waals surface area contributed by atoms with E-state index in [2.05, 4.69) is 27.7 Å². The zero-order valence-corrected chi connectivity index (χ0v) is 24.3. The molecule has 2 unspecified atom stereocenters. The number of fused-ring (bicyclic) bond motifs is 5. The van der Waals surface area contributed by atoms with Crippen molar-refractivity contribution in [2.45, 2.75) is 111 Å². The van der Waals surface area contributed by atoms with E-state index in [1.54, 1.807) is 6.07 Å². The van der Waals surface area contributed by atoms with Crippen LogP contribution >= 0.6 is 0 Å². The maximum Gasteiger partial charge on any atom is 0.305 e. The molecule has 0 spiro atoms. The number of carbonyl (C=O) groups is 1. The molecule has 4 N–H and O–H groups in total. The minimum atomic E-state index is -0.00739. The van der Waals surface area contributed by atoms with Gasteiger partial charge in [0.25, 0.3) is 0 Å². The third-order valence-corrected chi connectivity index (χ3v) is 12.0. The number of nitrogens with two attached hydrogens (primary N) is 2. The summed E-state index contributed by atoms with van der Waals surface area (Å²) in [6.45, 7) is 10.3. The van der Waals surface area contributed by atoms with Crippen LogP contribution in [0.2, 0.25) is 0 Å². The quantitative estimate of drug-likeness (QED) is 0.270. The standard InChI is InChI=1S/C33H52N2O3/c1-5-18-37-31(36)13-6-21(2)26-10-11-27-25-9-7-22-19-24(38-30-12-8-23(34)20-29(30)35)14-16-32(22,3)28(25)15-17-33(26,27)4/h8,12,20-22,24-28H,5-7,9-11,13-19,34-35H2,1-4H3/t21-,22?,24?,25+,26-,27+,28+,32+,33-/m1/s1. The Balaban J connectivity index is 1.21. The van der Waals surface area contributed by atoms with Crippen LogP contribution in [-0.2, 0) is 9.53 Å². The Kier molecular flexibility index (Phi) is 7.95. The first-order valence-corrected chi connectivity index (χ1v) is 15.6. The first-order chi connectivity index (χ1) is 18.2. The highest BCUT2D eigenvalue weighted by molar-refractivity contribution is 5.69. The molecule has 0 bridgehead atoms. The van der Waals surface area contributed by atoms with Crippen LogP contribution in [0, 0.1) is 46.3 Å². The predicted molar refractivity (Wildman–Crippen MR) is 155 cm³/mol. The van der Waals surface area contributed by atoms with Crippen LogP contribution in [0.25, 0.3) is 0 Å². The molecule has 4 saturated carbocycles. The Morgan fingerprint density at radius 2 is 1.79 bits per heavy atom. The van der Waals surface area contributed by atoms with Crippen LogP contribution in [0.1, 0.15) is 105 Å². The lowest BCUT2D eigenvalue weighted by molar-refractivity contribution is -0.144. The van der Waals surface area contributed by atoms with Crippen molar-refractivity contribution in [3.05, 3.63) is 18.2 Å². The number of carbonyl (C=O) groups excluding carboxylic acids is 1. The van der Waals surface area contributed by atoms with E-state index in [-0.39, 0.29) is 12.1 Å². The summed E-state index contributed by atoms with van der Waals surface area (Å²) in [5.41, 5.74) is 14.3. The van der Waals surface area contributed by atoms with Crippen LogP contribution in [-0.4, -0.2) is 18.7 Å². The van der Waals surface area contributed by atoms with Crippen molar-refractivity contribution in [3.63, 3.8) is 0 Å². The van der Waals surface area contributed by atoms with E-state index in [0.717, 1.165) is 61.0 Å². The minimum absolute atomic E-state index is 0.00739. The van der Waals surface area contributed by atoms with Crippen LogP contribution < -0.4 is 16.2 Å². The summed E-state index contributed by atoms with van der Waals surface area (Å²) in [5.74, 6) is 5.43. The van der Waals surface area contributed by atoms with Gasteiger partial charge in [-0.25, -0.2) is 0 Å². The topological polar surface area (TPSA) is 87.6 Å². The van der Waals surface area contributed by atoms with Crippen LogP contribution in [0.3, 0.4) is 0 Å². The molecule has 0 aromatic heterocycles. The molecule has 1 aromatic carbocycles. The number of nitrogen functional groups attached to an aromatic ring is 2. The Labute approximate surface area is 230 Å². The van der Waals surface area contributed by atoms with E-state index in [1.807, 2.05) is 12.1 Å². The van der Waals surface area contributed by atoms with Crippen molar-refractivity contribution in [3.8, 4) is 5.75 Å². The molecule has 212 valence electrons. The lowest BCUT2D eigenvalue weighted by Crippen LogP contribution is -2.54. The molecule has 0 radical (unpaired) electrons. The van der Waals surface area contributed by atoms with E-state index >= 15 is 0 Å². The molecule has 5 rings (SSSR count). The first-order valence-electron chi connectivity index (χ1n) is 15.6. The minimum Gasteiger partial charge on any atom is -0.488 e. The lowest BCUT2D eigenvalue weighted by atomic mass is 9.44. The summed E-state index contributed by atoms with van der Waals surface area (Å²) < 4.78 is 11.8.